The summed E-state index contributed by atoms with van der Waals surface area (Å²) in [5.74, 6) is 0.713. The maximum atomic E-state index is 5.37. The lowest BCUT2D eigenvalue weighted by molar-refractivity contribution is 0.660. The third kappa shape index (κ3) is 5.23. The second-order valence-electron chi connectivity index (χ2n) is 15.4. The summed E-state index contributed by atoms with van der Waals surface area (Å²) in [5, 5.41) is 5.06. The largest absolute Gasteiger partial charge is 0.228 e. The lowest BCUT2D eigenvalue weighted by Crippen LogP contribution is -2.14. The molecule has 2 nitrogen and oxygen atoms in total. The van der Waals surface area contributed by atoms with Gasteiger partial charge < -0.3 is 0 Å². The quantitative estimate of drug-likeness (QED) is 0.176. The Morgan fingerprint density at radius 2 is 1.04 bits per heavy atom. The molecular formula is C53H36N2S. The van der Waals surface area contributed by atoms with Crippen molar-refractivity contribution in [1.29, 1.82) is 0 Å². The zero-order chi connectivity index (χ0) is 37.4. The predicted octanol–water partition coefficient (Wildman–Crippen LogP) is 14.6. The van der Waals surface area contributed by atoms with Crippen LogP contribution in [0, 0.1) is 0 Å². The lowest BCUT2D eigenvalue weighted by Gasteiger charge is -2.21. The van der Waals surface area contributed by atoms with Crippen molar-refractivity contribution in [2.24, 2.45) is 0 Å². The molecule has 11 rings (SSSR count). The van der Waals surface area contributed by atoms with E-state index in [-0.39, 0.29) is 5.41 Å². The van der Waals surface area contributed by atoms with Crippen LogP contribution in [0.3, 0.4) is 0 Å². The fourth-order valence-corrected chi connectivity index (χ4v) is 10.0. The minimum atomic E-state index is -0.114. The molecule has 0 saturated heterocycles. The van der Waals surface area contributed by atoms with Crippen LogP contribution in [-0.2, 0) is 5.41 Å². The fourth-order valence-electron chi connectivity index (χ4n) is 8.90. The van der Waals surface area contributed by atoms with Crippen molar-refractivity contribution in [2.45, 2.75) is 19.3 Å². The van der Waals surface area contributed by atoms with Crippen molar-refractivity contribution >= 4 is 42.3 Å². The normalized spacial score (nSPS) is 13.0. The molecule has 2 aromatic heterocycles. The van der Waals surface area contributed by atoms with Crippen molar-refractivity contribution in [3.8, 4) is 67.3 Å². The number of benzene rings is 8. The van der Waals surface area contributed by atoms with E-state index in [1.807, 2.05) is 17.4 Å². The van der Waals surface area contributed by atoms with Crippen LogP contribution in [0.15, 0.2) is 182 Å². The molecule has 0 bridgehead atoms. The molecule has 2 heterocycles. The van der Waals surface area contributed by atoms with Crippen LogP contribution in [0.5, 0.6) is 0 Å². The van der Waals surface area contributed by atoms with Crippen molar-refractivity contribution in [1.82, 2.24) is 9.97 Å². The predicted molar refractivity (Wildman–Crippen MR) is 237 cm³/mol. The van der Waals surface area contributed by atoms with Crippen LogP contribution < -0.4 is 0 Å². The van der Waals surface area contributed by atoms with Gasteiger partial charge in [-0.05, 0) is 91.7 Å². The summed E-state index contributed by atoms with van der Waals surface area (Å²) in [7, 11) is 0. The lowest BCUT2D eigenvalue weighted by atomic mass is 9.82. The summed E-state index contributed by atoms with van der Waals surface area (Å²) >= 11 is 1.86. The average Bonchev–Trinajstić information content (AvgIpc) is 3.75. The SMILES string of the molecule is CC1(C)c2ccccc2-c2c(-c3cc(-c4cc(-c5ccc6c(c5)sc5ccccc56)cc(-c5cccc6ccccc56)c4)nc(-c4ccccc4)n3)cccc21. The minimum Gasteiger partial charge on any atom is -0.228 e. The van der Waals surface area contributed by atoms with Crippen LogP contribution in [0.25, 0.3) is 98.2 Å². The van der Waals surface area contributed by atoms with E-state index in [0.29, 0.717) is 5.82 Å². The number of aromatic nitrogens is 2. The van der Waals surface area contributed by atoms with Gasteiger partial charge in [-0.1, -0.05) is 159 Å². The number of rotatable bonds is 5. The molecule has 0 aliphatic heterocycles. The van der Waals surface area contributed by atoms with Gasteiger partial charge in [-0.25, -0.2) is 9.97 Å². The number of hydrogen-bond donors (Lipinski definition) is 0. The Labute approximate surface area is 330 Å². The highest BCUT2D eigenvalue weighted by atomic mass is 32.1. The van der Waals surface area contributed by atoms with Gasteiger partial charge >= 0.3 is 0 Å². The van der Waals surface area contributed by atoms with E-state index in [9.17, 15) is 0 Å². The Balaban J connectivity index is 1.17. The Morgan fingerprint density at radius 3 is 1.95 bits per heavy atom. The molecule has 0 amide bonds. The molecule has 0 unspecified atom stereocenters. The Morgan fingerprint density at radius 1 is 0.393 bits per heavy atom. The number of nitrogens with zero attached hydrogens (tertiary/aromatic N) is 2. The highest BCUT2D eigenvalue weighted by molar-refractivity contribution is 7.25. The molecular weight excluding hydrogens is 697 g/mol. The van der Waals surface area contributed by atoms with Crippen LogP contribution in [0.2, 0.25) is 0 Å². The summed E-state index contributed by atoms with van der Waals surface area (Å²) < 4.78 is 2.60. The van der Waals surface area contributed by atoms with Gasteiger partial charge in [0.15, 0.2) is 5.82 Å². The van der Waals surface area contributed by atoms with E-state index in [0.717, 1.165) is 39.2 Å². The first kappa shape index (κ1) is 32.7. The van der Waals surface area contributed by atoms with Crippen molar-refractivity contribution in [3.63, 3.8) is 0 Å². The number of thiophene rings is 1. The van der Waals surface area contributed by atoms with Gasteiger partial charge in [0, 0.05) is 42.3 Å². The number of hydrogen-bond acceptors (Lipinski definition) is 3. The van der Waals surface area contributed by atoms with Crippen molar-refractivity contribution in [2.75, 3.05) is 0 Å². The molecule has 8 aromatic carbocycles. The van der Waals surface area contributed by atoms with Gasteiger partial charge in [0.25, 0.3) is 0 Å². The molecule has 0 spiro atoms. The van der Waals surface area contributed by atoms with Crippen LogP contribution >= 0.6 is 11.3 Å². The van der Waals surface area contributed by atoms with E-state index in [4.69, 9.17) is 9.97 Å². The summed E-state index contributed by atoms with van der Waals surface area (Å²) in [4.78, 5) is 10.7. The zero-order valence-corrected chi connectivity index (χ0v) is 31.9. The van der Waals surface area contributed by atoms with Gasteiger partial charge in [-0.3, -0.25) is 0 Å². The third-order valence-electron chi connectivity index (χ3n) is 11.7. The first-order chi connectivity index (χ1) is 27.5. The van der Waals surface area contributed by atoms with Gasteiger partial charge in [-0.2, -0.15) is 0 Å². The van der Waals surface area contributed by atoms with Gasteiger partial charge in [-0.15, -0.1) is 11.3 Å². The smallest absolute Gasteiger partial charge is 0.160 e. The molecule has 10 aromatic rings. The molecule has 56 heavy (non-hydrogen) atoms. The van der Waals surface area contributed by atoms with Crippen LogP contribution in [0.4, 0.5) is 0 Å². The minimum absolute atomic E-state index is 0.114. The average molecular weight is 733 g/mol. The fraction of sp³-hybridized carbons (Fsp3) is 0.0566. The summed E-state index contributed by atoms with van der Waals surface area (Å²) in [6.07, 6.45) is 0. The van der Waals surface area contributed by atoms with Gasteiger partial charge in [0.2, 0.25) is 0 Å². The molecule has 264 valence electrons. The van der Waals surface area contributed by atoms with Crippen molar-refractivity contribution < 1.29 is 0 Å². The van der Waals surface area contributed by atoms with E-state index < -0.39 is 0 Å². The molecule has 1 aliphatic rings. The highest BCUT2D eigenvalue weighted by Crippen LogP contribution is 2.52. The molecule has 0 radical (unpaired) electrons. The van der Waals surface area contributed by atoms with Crippen molar-refractivity contribution in [3.05, 3.63) is 193 Å². The summed E-state index contributed by atoms with van der Waals surface area (Å²) in [5.41, 5.74) is 14.8. The third-order valence-corrected chi connectivity index (χ3v) is 12.8. The van der Waals surface area contributed by atoms with E-state index in [1.54, 1.807) is 0 Å². The standard InChI is InChI=1S/C53H36N2S/c1-53(2)45-23-10-8-20-43(45)51-44(22-13-24-46(51)53)48-32-47(54-52(55-48)34-15-4-3-5-16-34)38-29-36(28-37(30-38)40-21-12-17-33-14-6-7-18-39(33)40)35-26-27-42-41-19-9-11-25-49(41)56-50(42)31-35/h3-32H,1-2H3. The molecule has 0 N–H and O–H groups in total. The topological polar surface area (TPSA) is 25.8 Å². The van der Waals surface area contributed by atoms with Crippen LogP contribution in [-0.4, -0.2) is 9.97 Å². The first-order valence-electron chi connectivity index (χ1n) is 19.2. The second-order valence-corrected chi connectivity index (χ2v) is 16.4. The summed E-state index contributed by atoms with van der Waals surface area (Å²) in [6.45, 7) is 4.66. The van der Waals surface area contributed by atoms with Gasteiger partial charge in [0.05, 0.1) is 11.4 Å². The van der Waals surface area contributed by atoms with Gasteiger partial charge in [0.1, 0.15) is 0 Å². The summed E-state index contributed by atoms with van der Waals surface area (Å²) in [6, 6.07) is 66.0. The Kier molecular flexibility index (Phi) is 7.42. The molecule has 0 saturated carbocycles. The monoisotopic (exact) mass is 732 g/mol. The Hall–Kier alpha value is -6.68. The first-order valence-corrected chi connectivity index (χ1v) is 20.0. The van der Waals surface area contributed by atoms with Crippen LogP contribution in [0.1, 0.15) is 25.0 Å². The maximum Gasteiger partial charge on any atom is 0.160 e. The Bertz CT molecular complexity index is 3170. The molecule has 1 aliphatic carbocycles. The molecule has 0 fully saturated rings. The second kappa shape index (κ2) is 12.7. The molecule has 3 heteroatoms. The van der Waals surface area contributed by atoms with E-state index in [2.05, 4.69) is 190 Å². The maximum absolute atomic E-state index is 5.37. The highest BCUT2D eigenvalue weighted by Gasteiger charge is 2.36. The molecule has 0 atom stereocenters. The van der Waals surface area contributed by atoms with E-state index in [1.165, 1.54) is 64.3 Å². The zero-order valence-electron chi connectivity index (χ0n) is 31.1. The van der Waals surface area contributed by atoms with E-state index >= 15 is 0 Å². The number of fused-ring (bicyclic) bond motifs is 7.